The fourth-order valence-electron chi connectivity index (χ4n) is 2.75. The van der Waals surface area contributed by atoms with Crippen molar-refractivity contribution >= 4 is 56.7 Å². The second-order valence-corrected chi connectivity index (χ2v) is 7.40. The molecule has 3 rings (SSSR count). The van der Waals surface area contributed by atoms with Gasteiger partial charge in [0, 0.05) is 33.8 Å². The van der Waals surface area contributed by atoms with E-state index in [9.17, 15) is 14.4 Å². The van der Waals surface area contributed by atoms with Crippen LogP contribution in [-0.4, -0.2) is 30.9 Å². The molecule has 0 bridgehead atoms. The van der Waals surface area contributed by atoms with Crippen molar-refractivity contribution in [1.82, 2.24) is 0 Å². The Morgan fingerprint density at radius 2 is 1.96 bits per heavy atom. The normalized spacial score (nSPS) is 16.3. The van der Waals surface area contributed by atoms with E-state index < -0.39 is 24.4 Å². The van der Waals surface area contributed by atoms with Crippen molar-refractivity contribution in [3.63, 3.8) is 0 Å². The SMILES string of the molecule is O=C(COC(=O)[C@H]1CC(=O)N(c2ccc(Br)cc2)C1)Nc1cccc(Cl)c1. The van der Waals surface area contributed by atoms with Crippen LogP contribution in [0.5, 0.6) is 0 Å². The minimum absolute atomic E-state index is 0.0603. The second-order valence-electron chi connectivity index (χ2n) is 6.05. The molecule has 0 radical (unpaired) electrons. The first kappa shape index (κ1) is 19.4. The average Bonchev–Trinajstić information content (AvgIpc) is 3.02. The van der Waals surface area contributed by atoms with Crippen molar-refractivity contribution in [2.45, 2.75) is 6.42 Å². The van der Waals surface area contributed by atoms with E-state index in [0.717, 1.165) is 10.2 Å². The molecule has 6 nitrogen and oxygen atoms in total. The van der Waals surface area contributed by atoms with Crippen molar-refractivity contribution in [2.75, 3.05) is 23.4 Å². The monoisotopic (exact) mass is 450 g/mol. The third-order valence-corrected chi connectivity index (χ3v) is 4.81. The summed E-state index contributed by atoms with van der Waals surface area (Å²) in [4.78, 5) is 37.9. The summed E-state index contributed by atoms with van der Waals surface area (Å²) in [6, 6.07) is 13.9. The number of carbonyl (C=O) groups is 3. The van der Waals surface area contributed by atoms with Crippen LogP contribution in [0.25, 0.3) is 0 Å². The highest BCUT2D eigenvalue weighted by Crippen LogP contribution is 2.27. The van der Waals surface area contributed by atoms with Gasteiger partial charge in [0.15, 0.2) is 6.61 Å². The highest BCUT2D eigenvalue weighted by molar-refractivity contribution is 9.10. The Morgan fingerprint density at radius 1 is 1.22 bits per heavy atom. The van der Waals surface area contributed by atoms with Crippen LogP contribution in [0.1, 0.15) is 6.42 Å². The Balaban J connectivity index is 1.52. The van der Waals surface area contributed by atoms with E-state index in [1.54, 1.807) is 41.3 Å². The van der Waals surface area contributed by atoms with Gasteiger partial charge in [0.2, 0.25) is 5.91 Å². The quantitative estimate of drug-likeness (QED) is 0.704. The maximum absolute atomic E-state index is 12.2. The molecular weight excluding hydrogens is 436 g/mol. The molecule has 0 aromatic heterocycles. The zero-order valence-corrected chi connectivity index (χ0v) is 16.5. The van der Waals surface area contributed by atoms with E-state index in [-0.39, 0.29) is 18.9 Å². The Hall–Kier alpha value is -2.38. The molecule has 0 aliphatic carbocycles. The van der Waals surface area contributed by atoms with E-state index in [1.165, 1.54) is 0 Å². The largest absolute Gasteiger partial charge is 0.455 e. The van der Waals surface area contributed by atoms with Crippen LogP contribution in [0.3, 0.4) is 0 Å². The number of rotatable bonds is 5. The van der Waals surface area contributed by atoms with Crippen molar-refractivity contribution in [3.05, 3.63) is 58.0 Å². The fourth-order valence-corrected chi connectivity index (χ4v) is 3.21. The van der Waals surface area contributed by atoms with Gasteiger partial charge in [-0.15, -0.1) is 0 Å². The molecule has 1 saturated heterocycles. The number of nitrogens with one attached hydrogen (secondary N) is 1. The lowest BCUT2D eigenvalue weighted by Gasteiger charge is -2.16. The van der Waals surface area contributed by atoms with Crippen LogP contribution in [0, 0.1) is 5.92 Å². The molecule has 0 saturated carbocycles. The van der Waals surface area contributed by atoms with Gasteiger partial charge in [0.05, 0.1) is 5.92 Å². The number of carbonyl (C=O) groups excluding carboxylic acids is 3. The molecule has 140 valence electrons. The third-order valence-electron chi connectivity index (χ3n) is 4.05. The average molecular weight is 452 g/mol. The number of hydrogen-bond acceptors (Lipinski definition) is 4. The Bertz CT molecular complexity index is 872. The van der Waals surface area contributed by atoms with Crippen molar-refractivity contribution in [3.8, 4) is 0 Å². The standard InChI is InChI=1S/C19H16BrClN2O4/c20-13-4-6-16(7-5-13)23-10-12(8-18(23)25)19(26)27-11-17(24)22-15-3-1-2-14(21)9-15/h1-7,9,12H,8,10-11H2,(H,22,24)/t12-/m0/s1. The molecule has 1 aliphatic rings. The lowest BCUT2D eigenvalue weighted by molar-refractivity contribution is -0.151. The summed E-state index contributed by atoms with van der Waals surface area (Å²) < 4.78 is 5.97. The van der Waals surface area contributed by atoms with Gasteiger partial charge in [0.25, 0.3) is 5.91 Å². The number of amides is 2. The molecule has 0 spiro atoms. The first-order chi connectivity index (χ1) is 12.9. The van der Waals surface area contributed by atoms with Crippen LogP contribution in [-0.2, 0) is 19.1 Å². The van der Waals surface area contributed by atoms with Gasteiger partial charge in [-0.2, -0.15) is 0 Å². The number of nitrogens with zero attached hydrogens (tertiary/aromatic N) is 1. The van der Waals surface area contributed by atoms with Crippen LogP contribution in [0.15, 0.2) is 53.0 Å². The van der Waals surface area contributed by atoms with Crippen molar-refractivity contribution in [2.24, 2.45) is 5.92 Å². The van der Waals surface area contributed by atoms with Gasteiger partial charge in [0.1, 0.15) is 0 Å². The molecule has 27 heavy (non-hydrogen) atoms. The van der Waals surface area contributed by atoms with Gasteiger partial charge in [-0.25, -0.2) is 0 Å². The Labute approximate surface area is 169 Å². The minimum Gasteiger partial charge on any atom is -0.455 e. The molecule has 2 aromatic carbocycles. The Morgan fingerprint density at radius 3 is 2.67 bits per heavy atom. The van der Waals surface area contributed by atoms with E-state index in [2.05, 4.69) is 21.2 Å². The van der Waals surface area contributed by atoms with Gasteiger partial charge in [-0.3, -0.25) is 14.4 Å². The number of esters is 1. The predicted octanol–water partition coefficient (Wildman–Crippen LogP) is 3.64. The summed E-state index contributed by atoms with van der Waals surface area (Å²) in [6.45, 7) is -0.191. The summed E-state index contributed by atoms with van der Waals surface area (Å²) in [5.41, 5.74) is 1.23. The summed E-state index contributed by atoms with van der Waals surface area (Å²) in [5, 5.41) is 3.08. The van der Waals surface area contributed by atoms with Crippen LogP contribution in [0.2, 0.25) is 5.02 Å². The molecule has 1 atom stereocenters. The molecule has 1 fully saturated rings. The summed E-state index contributed by atoms with van der Waals surface area (Å²) in [7, 11) is 0. The van der Waals surface area contributed by atoms with Gasteiger partial charge in [-0.05, 0) is 42.5 Å². The van der Waals surface area contributed by atoms with Gasteiger partial charge < -0.3 is 15.0 Å². The maximum atomic E-state index is 12.2. The number of benzene rings is 2. The second kappa shape index (κ2) is 8.54. The van der Waals surface area contributed by atoms with E-state index >= 15 is 0 Å². The van der Waals surface area contributed by atoms with E-state index in [1.807, 2.05) is 12.1 Å². The lowest BCUT2D eigenvalue weighted by Crippen LogP contribution is -2.28. The number of hydrogen-bond donors (Lipinski definition) is 1. The highest BCUT2D eigenvalue weighted by Gasteiger charge is 2.36. The van der Waals surface area contributed by atoms with E-state index in [4.69, 9.17) is 16.3 Å². The highest BCUT2D eigenvalue weighted by atomic mass is 79.9. The minimum atomic E-state index is -0.597. The van der Waals surface area contributed by atoms with E-state index in [0.29, 0.717) is 10.7 Å². The first-order valence-corrected chi connectivity index (χ1v) is 9.37. The van der Waals surface area contributed by atoms with Gasteiger partial charge in [-0.1, -0.05) is 33.6 Å². The molecule has 2 amide bonds. The molecule has 1 N–H and O–H groups in total. The summed E-state index contributed by atoms with van der Waals surface area (Å²) >= 11 is 9.20. The molecule has 1 heterocycles. The number of halogens is 2. The topological polar surface area (TPSA) is 75.7 Å². The first-order valence-electron chi connectivity index (χ1n) is 8.20. The fraction of sp³-hybridized carbons (Fsp3) is 0.211. The van der Waals surface area contributed by atoms with Crippen molar-refractivity contribution in [1.29, 1.82) is 0 Å². The molecule has 0 unspecified atom stereocenters. The van der Waals surface area contributed by atoms with Crippen LogP contribution >= 0.6 is 27.5 Å². The van der Waals surface area contributed by atoms with Crippen LogP contribution < -0.4 is 10.2 Å². The molecule has 2 aromatic rings. The summed E-state index contributed by atoms with van der Waals surface area (Å²) in [6.07, 6.45) is 0.0603. The number of ether oxygens (including phenoxy) is 1. The predicted molar refractivity (Wildman–Crippen MR) is 106 cm³/mol. The van der Waals surface area contributed by atoms with Gasteiger partial charge >= 0.3 is 5.97 Å². The third kappa shape index (κ3) is 5.08. The van der Waals surface area contributed by atoms with Crippen molar-refractivity contribution < 1.29 is 19.1 Å². The lowest BCUT2D eigenvalue weighted by atomic mass is 10.1. The molecule has 8 heteroatoms. The molecular formula is C19H16BrClN2O4. The maximum Gasteiger partial charge on any atom is 0.311 e. The zero-order chi connectivity index (χ0) is 19.4. The number of anilines is 2. The molecule has 1 aliphatic heterocycles. The Kier molecular flexibility index (Phi) is 6.13. The van der Waals surface area contributed by atoms with Crippen LogP contribution in [0.4, 0.5) is 11.4 Å². The summed E-state index contributed by atoms with van der Waals surface area (Å²) in [5.74, 6) is -1.79. The zero-order valence-electron chi connectivity index (χ0n) is 14.2. The smallest absolute Gasteiger partial charge is 0.311 e.